The van der Waals surface area contributed by atoms with Gasteiger partial charge in [-0.15, -0.1) is 0 Å². The van der Waals surface area contributed by atoms with Gasteiger partial charge in [0.25, 0.3) is 0 Å². The van der Waals surface area contributed by atoms with Gasteiger partial charge in [0.2, 0.25) is 15.9 Å². The molecule has 8 nitrogen and oxygen atoms in total. The molecular formula is C19H31N5O3S. The first-order chi connectivity index (χ1) is 13.3. The minimum absolute atomic E-state index is 0.0435. The van der Waals surface area contributed by atoms with Gasteiger partial charge in [-0.05, 0) is 25.3 Å². The number of amides is 1. The van der Waals surface area contributed by atoms with Crippen molar-refractivity contribution in [1.82, 2.24) is 19.8 Å². The Balaban J connectivity index is 1.98. The molecule has 1 heterocycles. The van der Waals surface area contributed by atoms with Gasteiger partial charge >= 0.3 is 0 Å². The van der Waals surface area contributed by atoms with Crippen molar-refractivity contribution in [2.45, 2.75) is 32.4 Å². The Hall–Kier alpha value is -2.13. The van der Waals surface area contributed by atoms with Crippen LogP contribution >= 0.6 is 0 Å². The first kappa shape index (κ1) is 22.2. The van der Waals surface area contributed by atoms with E-state index in [4.69, 9.17) is 0 Å². The number of sulfonamides is 1. The molecular weight excluding hydrogens is 378 g/mol. The number of benzene rings is 1. The van der Waals surface area contributed by atoms with Crippen LogP contribution in [0.5, 0.6) is 0 Å². The molecule has 0 aliphatic carbocycles. The molecule has 0 bridgehead atoms. The summed E-state index contributed by atoms with van der Waals surface area (Å²) in [6.07, 6.45) is 1.40. The number of piperidine rings is 1. The molecule has 2 rings (SSSR count). The Morgan fingerprint density at radius 3 is 2.43 bits per heavy atom. The van der Waals surface area contributed by atoms with E-state index in [1.165, 1.54) is 4.90 Å². The fraction of sp³-hybridized carbons (Fsp3) is 0.579. The lowest BCUT2D eigenvalue weighted by atomic mass is 10.1. The number of nitrogens with one attached hydrogen (secondary N) is 2. The van der Waals surface area contributed by atoms with Crippen LogP contribution in [0.2, 0.25) is 0 Å². The number of hydrogen-bond acceptors (Lipinski definition) is 4. The monoisotopic (exact) mass is 409 g/mol. The molecule has 0 unspecified atom stereocenters. The topological polar surface area (TPSA) is 94.1 Å². The molecule has 1 fully saturated rings. The van der Waals surface area contributed by atoms with Crippen molar-refractivity contribution < 1.29 is 13.2 Å². The lowest BCUT2D eigenvalue weighted by Crippen LogP contribution is -2.51. The average molecular weight is 410 g/mol. The predicted molar refractivity (Wildman–Crippen MR) is 111 cm³/mol. The second kappa shape index (κ2) is 10.4. The summed E-state index contributed by atoms with van der Waals surface area (Å²) in [5, 5.41) is 6.44. The van der Waals surface area contributed by atoms with Crippen LogP contribution in [-0.4, -0.2) is 75.0 Å². The van der Waals surface area contributed by atoms with Gasteiger partial charge in [-0.2, -0.15) is 0 Å². The summed E-state index contributed by atoms with van der Waals surface area (Å²) >= 11 is 0. The van der Waals surface area contributed by atoms with Crippen molar-refractivity contribution in [1.29, 1.82) is 0 Å². The van der Waals surface area contributed by atoms with E-state index in [-0.39, 0.29) is 24.2 Å². The zero-order chi connectivity index (χ0) is 20.6. The maximum Gasteiger partial charge on any atom is 0.241 e. The first-order valence-electron chi connectivity index (χ1n) is 9.58. The average Bonchev–Trinajstić information content (AvgIpc) is 2.70. The Kier molecular flexibility index (Phi) is 8.25. The number of likely N-dealkylation sites (N-methyl/N-ethyl adjacent to an activating group) is 1. The third-order valence-electron chi connectivity index (χ3n) is 4.72. The van der Waals surface area contributed by atoms with Crippen LogP contribution in [0.25, 0.3) is 0 Å². The summed E-state index contributed by atoms with van der Waals surface area (Å²) in [6.45, 7) is 3.30. The van der Waals surface area contributed by atoms with Crippen molar-refractivity contribution in [2.75, 3.05) is 39.5 Å². The fourth-order valence-electron chi connectivity index (χ4n) is 2.88. The van der Waals surface area contributed by atoms with E-state index in [1.807, 2.05) is 30.3 Å². The van der Waals surface area contributed by atoms with Crippen LogP contribution < -0.4 is 10.6 Å². The van der Waals surface area contributed by atoms with Crippen LogP contribution in [0, 0.1) is 0 Å². The highest BCUT2D eigenvalue weighted by Gasteiger charge is 2.27. The second-order valence-corrected chi connectivity index (χ2v) is 9.27. The summed E-state index contributed by atoms with van der Waals surface area (Å²) in [5.41, 5.74) is 1.08. The van der Waals surface area contributed by atoms with E-state index < -0.39 is 10.0 Å². The summed E-state index contributed by atoms with van der Waals surface area (Å²) < 4.78 is 25.6. The van der Waals surface area contributed by atoms with Gasteiger partial charge in [-0.25, -0.2) is 17.7 Å². The van der Waals surface area contributed by atoms with Gasteiger partial charge in [0, 0.05) is 33.2 Å². The molecule has 1 amide bonds. The van der Waals surface area contributed by atoms with E-state index in [0.717, 1.165) is 5.56 Å². The third kappa shape index (κ3) is 6.79. The zero-order valence-corrected chi connectivity index (χ0v) is 17.7. The Morgan fingerprint density at radius 1 is 1.21 bits per heavy atom. The van der Waals surface area contributed by atoms with Crippen molar-refractivity contribution >= 4 is 21.9 Å². The van der Waals surface area contributed by atoms with Crippen LogP contribution in [-0.2, 0) is 21.4 Å². The lowest BCUT2D eigenvalue weighted by Gasteiger charge is -2.32. The molecule has 0 spiro atoms. The summed E-state index contributed by atoms with van der Waals surface area (Å²) in [4.78, 5) is 18.0. The number of nitrogens with zero attached hydrogens (tertiary/aromatic N) is 3. The Labute approximate surface area is 168 Å². The molecule has 1 aromatic carbocycles. The van der Waals surface area contributed by atoms with Crippen molar-refractivity contribution in [3.05, 3.63) is 35.9 Å². The molecule has 1 aliphatic heterocycles. The zero-order valence-electron chi connectivity index (χ0n) is 16.9. The first-order valence-corrected chi connectivity index (χ1v) is 11.2. The van der Waals surface area contributed by atoms with Crippen LogP contribution in [0.1, 0.15) is 25.3 Å². The molecule has 1 aliphatic rings. The fourth-order valence-corrected chi connectivity index (χ4v) is 4.01. The standard InChI is InChI=1S/C19H31N5O3S/c1-4-28(26,27)24-12-10-17(11-13-24)22-19(21-15-18(25)23(2)3)20-14-16-8-6-5-7-9-16/h5-9,17H,4,10-15H2,1-3H3,(H2,20,21,22). The van der Waals surface area contributed by atoms with Gasteiger partial charge in [-0.1, -0.05) is 30.3 Å². The summed E-state index contributed by atoms with van der Waals surface area (Å²) in [7, 11) is 0.280. The highest BCUT2D eigenvalue weighted by Crippen LogP contribution is 2.14. The lowest BCUT2D eigenvalue weighted by molar-refractivity contribution is -0.127. The van der Waals surface area contributed by atoms with Gasteiger partial charge in [0.1, 0.15) is 0 Å². The molecule has 156 valence electrons. The minimum atomic E-state index is -3.14. The van der Waals surface area contributed by atoms with E-state index in [9.17, 15) is 13.2 Å². The molecule has 28 heavy (non-hydrogen) atoms. The Morgan fingerprint density at radius 2 is 1.86 bits per heavy atom. The van der Waals surface area contributed by atoms with Crippen LogP contribution in [0.4, 0.5) is 0 Å². The van der Waals surface area contributed by atoms with Crippen LogP contribution in [0.15, 0.2) is 35.3 Å². The second-order valence-electron chi connectivity index (χ2n) is 7.01. The molecule has 9 heteroatoms. The molecule has 0 radical (unpaired) electrons. The number of hydrogen-bond donors (Lipinski definition) is 2. The van der Waals surface area contributed by atoms with E-state index in [0.29, 0.717) is 38.4 Å². The molecule has 0 aromatic heterocycles. The summed E-state index contributed by atoms with van der Waals surface area (Å²) in [5.74, 6) is 0.650. The maximum atomic E-state index is 12.0. The SMILES string of the molecule is CCS(=O)(=O)N1CCC(NC(=NCc2ccccc2)NCC(=O)N(C)C)CC1. The number of guanidine groups is 1. The molecule has 0 saturated carbocycles. The molecule has 1 aromatic rings. The third-order valence-corrected chi connectivity index (χ3v) is 6.60. The van der Waals surface area contributed by atoms with Crippen molar-refractivity contribution in [3.8, 4) is 0 Å². The van der Waals surface area contributed by atoms with Gasteiger partial charge in [-0.3, -0.25) is 4.79 Å². The number of carbonyl (C=O) groups is 1. The summed E-state index contributed by atoms with van der Waals surface area (Å²) in [6, 6.07) is 9.99. The van der Waals surface area contributed by atoms with Crippen LogP contribution in [0.3, 0.4) is 0 Å². The van der Waals surface area contributed by atoms with Gasteiger partial charge in [0.05, 0.1) is 18.8 Å². The molecule has 2 N–H and O–H groups in total. The Bertz CT molecular complexity index is 757. The van der Waals surface area contributed by atoms with Gasteiger partial charge in [0.15, 0.2) is 5.96 Å². The van der Waals surface area contributed by atoms with Crippen molar-refractivity contribution in [3.63, 3.8) is 0 Å². The highest BCUT2D eigenvalue weighted by atomic mass is 32.2. The van der Waals surface area contributed by atoms with Crippen molar-refractivity contribution in [2.24, 2.45) is 4.99 Å². The number of rotatable bonds is 7. The largest absolute Gasteiger partial charge is 0.354 e. The quantitative estimate of drug-likeness (QED) is 0.509. The van der Waals surface area contributed by atoms with E-state index in [2.05, 4.69) is 15.6 Å². The minimum Gasteiger partial charge on any atom is -0.354 e. The number of carbonyl (C=O) groups excluding carboxylic acids is 1. The predicted octanol–water partition coefficient (Wildman–Crippen LogP) is 0.624. The smallest absolute Gasteiger partial charge is 0.241 e. The molecule has 0 atom stereocenters. The van der Waals surface area contributed by atoms with Gasteiger partial charge < -0.3 is 15.5 Å². The molecule has 1 saturated heterocycles. The van der Waals surface area contributed by atoms with E-state index in [1.54, 1.807) is 25.3 Å². The maximum absolute atomic E-state index is 12.0. The highest BCUT2D eigenvalue weighted by molar-refractivity contribution is 7.89. The van der Waals surface area contributed by atoms with E-state index >= 15 is 0 Å². The normalized spacial score (nSPS) is 16.6. The number of aliphatic imine (C=N–C) groups is 1.